The molecule has 0 aliphatic rings. The first-order valence-electron chi connectivity index (χ1n) is 22.1. The van der Waals surface area contributed by atoms with E-state index in [0.717, 1.165) is 94.1 Å². The summed E-state index contributed by atoms with van der Waals surface area (Å²) in [5, 5.41) is 9.32. The fourth-order valence-electron chi connectivity index (χ4n) is 9.87. The van der Waals surface area contributed by atoms with Crippen LogP contribution in [0, 0.1) is 0 Å². The molecule has 2 heterocycles. The summed E-state index contributed by atoms with van der Waals surface area (Å²) in [4.78, 5) is 2.37. The lowest BCUT2D eigenvalue weighted by Crippen LogP contribution is -2.11. The first-order valence-corrected chi connectivity index (χ1v) is 22.1. The number of anilines is 3. The zero-order valence-electron chi connectivity index (χ0n) is 35.3. The number of fused-ring (bicyclic) bond motifs is 8. The quantitative estimate of drug-likeness (QED) is 0.160. The monoisotopic (exact) mass is 829 g/mol. The Labute approximate surface area is 375 Å². The van der Waals surface area contributed by atoms with Crippen molar-refractivity contribution >= 4 is 82.5 Å². The van der Waals surface area contributed by atoms with Crippen LogP contribution in [-0.2, 0) is 0 Å². The molecule has 3 nitrogen and oxygen atoms in total. The van der Waals surface area contributed by atoms with E-state index in [1.807, 2.05) is 12.1 Å². The maximum absolute atomic E-state index is 6.81. The Morgan fingerprint density at radius 2 is 0.800 bits per heavy atom. The molecule has 0 fully saturated rings. The minimum Gasteiger partial charge on any atom is -0.456 e. The van der Waals surface area contributed by atoms with Crippen molar-refractivity contribution in [1.29, 1.82) is 0 Å². The molecule has 13 aromatic rings. The van der Waals surface area contributed by atoms with Crippen LogP contribution in [0.3, 0.4) is 0 Å². The predicted octanol–water partition coefficient (Wildman–Crippen LogP) is 17.9. The van der Waals surface area contributed by atoms with Crippen molar-refractivity contribution in [2.45, 2.75) is 0 Å². The van der Waals surface area contributed by atoms with Crippen molar-refractivity contribution in [3.05, 3.63) is 237 Å². The number of para-hydroxylation sites is 3. The molecule has 0 bridgehead atoms. The molecule has 0 N–H and O–H groups in total. The minimum absolute atomic E-state index is 0.879. The highest BCUT2D eigenvalue weighted by molar-refractivity contribution is 6.14. The van der Waals surface area contributed by atoms with Crippen LogP contribution in [0.5, 0.6) is 0 Å². The van der Waals surface area contributed by atoms with Gasteiger partial charge in [0.1, 0.15) is 22.3 Å². The van der Waals surface area contributed by atoms with Crippen molar-refractivity contribution in [2.24, 2.45) is 0 Å². The first-order chi connectivity index (χ1) is 32.2. The number of benzene rings is 11. The number of hydrogen-bond acceptors (Lipinski definition) is 3. The van der Waals surface area contributed by atoms with E-state index in [1.54, 1.807) is 0 Å². The standard InChI is InChI=1S/C62H39NO2/c1-2-14-45-39-61-57(37-44(45)13-1)55-23-11-22-54(62(55)65-61)52-19-5-7-24-58(52)63(49-33-28-41(29-34-49)46-30-35-60-56(38-46)53-20-6-8-25-59(53)64-60)48-31-26-40(27-32-48)43-16-9-17-47(36-43)51-21-10-15-42-12-3-4-18-50(42)51/h1-39H. The summed E-state index contributed by atoms with van der Waals surface area (Å²) in [6, 6.07) is 84.8. The van der Waals surface area contributed by atoms with Crippen LogP contribution in [0.15, 0.2) is 245 Å². The highest BCUT2D eigenvalue weighted by Gasteiger charge is 2.21. The summed E-state index contributed by atoms with van der Waals surface area (Å²) in [6.45, 7) is 0. The van der Waals surface area contributed by atoms with E-state index >= 15 is 0 Å². The van der Waals surface area contributed by atoms with Gasteiger partial charge in [-0.2, -0.15) is 0 Å². The van der Waals surface area contributed by atoms with Crippen molar-refractivity contribution in [3.8, 4) is 44.5 Å². The van der Waals surface area contributed by atoms with Gasteiger partial charge in [0.05, 0.1) is 5.69 Å². The van der Waals surface area contributed by atoms with Crippen LogP contribution in [-0.4, -0.2) is 0 Å². The summed E-state index contributed by atoms with van der Waals surface area (Å²) in [7, 11) is 0. The molecule has 0 radical (unpaired) electrons. The average Bonchev–Trinajstić information content (AvgIpc) is 3.94. The van der Waals surface area contributed by atoms with E-state index in [9.17, 15) is 0 Å². The van der Waals surface area contributed by atoms with Crippen LogP contribution in [0.4, 0.5) is 17.1 Å². The molecule has 13 rings (SSSR count). The number of rotatable bonds is 7. The van der Waals surface area contributed by atoms with E-state index in [4.69, 9.17) is 8.83 Å². The number of hydrogen-bond donors (Lipinski definition) is 0. The fourth-order valence-corrected chi connectivity index (χ4v) is 9.87. The summed E-state index contributed by atoms with van der Waals surface area (Å²) in [5.41, 5.74) is 15.9. The van der Waals surface area contributed by atoms with Gasteiger partial charge >= 0.3 is 0 Å². The average molecular weight is 830 g/mol. The third-order valence-electron chi connectivity index (χ3n) is 13.1. The van der Waals surface area contributed by atoms with Gasteiger partial charge in [0.15, 0.2) is 0 Å². The van der Waals surface area contributed by atoms with Crippen molar-refractivity contribution in [3.63, 3.8) is 0 Å². The predicted molar refractivity (Wildman–Crippen MR) is 272 cm³/mol. The smallest absolute Gasteiger partial charge is 0.143 e. The maximum atomic E-state index is 6.81. The van der Waals surface area contributed by atoms with E-state index in [2.05, 4.69) is 229 Å². The van der Waals surface area contributed by atoms with Crippen LogP contribution >= 0.6 is 0 Å². The summed E-state index contributed by atoms with van der Waals surface area (Å²) < 4.78 is 13.0. The molecule has 0 spiro atoms. The van der Waals surface area contributed by atoms with E-state index in [1.165, 1.54) is 32.8 Å². The Kier molecular flexibility index (Phi) is 8.53. The molecular weight excluding hydrogens is 791 g/mol. The molecule has 3 heteroatoms. The molecule has 0 aliphatic heterocycles. The largest absolute Gasteiger partial charge is 0.456 e. The van der Waals surface area contributed by atoms with Crippen LogP contribution in [0.2, 0.25) is 0 Å². The Morgan fingerprint density at radius 1 is 0.262 bits per heavy atom. The van der Waals surface area contributed by atoms with Crippen LogP contribution in [0.1, 0.15) is 0 Å². The number of furan rings is 2. The number of nitrogens with zero attached hydrogens (tertiary/aromatic N) is 1. The van der Waals surface area contributed by atoms with Crippen LogP contribution < -0.4 is 4.90 Å². The van der Waals surface area contributed by atoms with Gasteiger partial charge < -0.3 is 13.7 Å². The van der Waals surface area contributed by atoms with Gasteiger partial charge in [-0.15, -0.1) is 0 Å². The molecule has 11 aromatic carbocycles. The van der Waals surface area contributed by atoms with E-state index < -0.39 is 0 Å². The molecule has 304 valence electrons. The Morgan fingerprint density at radius 3 is 1.62 bits per heavy atom. The van der Waals surface area contributed by atoms with Gasteiger partial charge in [-0.05, 0) is 122 Å². The Hall–Kier alpha value is -8.66. The summed E-state index contributed by atoms with van der Waals surface area (Å²) in [5.74, 6) is 0. The molecule has 0 amide bonds. The summed E-state index contributed by atoms with van der Waals surface area (Å²) in [6.07, 6.45) is 0. The van der Waals surface area contributed by atoms with Gasteiger partial charge in [-0.25, -0.2) is 0 Å². The molecule has 0 atom stereocenters. The topological polar surface area (TPSA) is 29.5 Å². The van der Waals surface area contributed by atoms with Gasteiger partial charge in [-0.1, -0.05) is 170 Å². The van der Waals surface area contributed by atoms with Crippen molar-refractivity contribution in [2.75, 3.05) is 4.90 Å². The Balaban J connectivity index is 0.938. The molecule has 0 saturated heterocycles. The second-order valence-corrected chi connectivity index (χ2v) is 16.8. The highest BCUT2D eigenvalue weighted by atomic mass is 16.3. The molecule has 0 saturated carbocycles. The zero-order valence-corrected chi connectivity index (χ0v) is 35.3. The lowest BCUT2D eigenvalue weighted by molar-refractivity contribution is 0.669. The van der Waals surface area contributed by atoms with Crippen molar-refractivity contribution < 1.29 is 8.83 Å². The zero-order chi connectivity index (χ0) is 42.8. The molecular formula is C62H39NO2. The van der Waals surface area contributed by atoms with Gasteiger partial charge in [0.25, 0.3) is 0 Å². The highest BCUT2D eigenvalue weighted by Crippen LogP contribution is 2.46. The fraction of sp³-hybridized carbons (Fsp3) is 0. The molecule has 2 aromatic heterocycles. The van der Waals surface area contributed by atoms with Gasteiger partial charge in [0.2, 0.25) is 0 Å². The second-order valence-electron chi connectivity index (χ2n) is 16.8. The Bertz CT molecular complexity index is 3940. The molecule has 0 aliphatic carbocycles. The van der Waals surface area contributed by atoms with E-state index in [-0.39, 0.29) is 0 Å². The maximum Gasteiger partial charge on any atom is 0.143 e. The van der Waals surface area contributed by atoms with Crippen molar-refractivity contribution in [1.82, 2.24) is 0 Å². The SMILES string of the molecule is c1cc(-c2ccc(N(c3ccc(-c4ccc5oc6ccccc6c5c4)cc3)c3ccccc3-c3cccc4c3oc3cc5ccccc5cc34)cc2)cc(-c2cccc3ccccc23)c1. The summed E-state index contributed by atoms with van der Waals surface area (Å²) >= 11 is 0. The normalized spacial score (nSPS) is 11.7. The lowest BCUT2D eigenvalue weighted by Gasteiger charge is -2.28. The van der Waals surface area contributed by atoms with E-state index in [0.29, 0.717) is 0 Å². The van der Waals surface area contributed by atoms with Gasteiger partial charge in [0, 0.05) is 44.0 Å². The lowest BCUT2D eigenvalue weighted by atomic mass is 9.95. The van der Waals surface area contributed by atoms with Gasteiger partial charge in [-0.3, -0.25) is 0 Å². The molecule has 65 heavy (non-hydrogen) atoms. The molecule has 0 unspecified atom stereocenters. The second kappa shape index (κ2) is 15.0. The minimum atomic E-state index is 0.879. The first kappa shape index (κ1) is 36.9. The third kappa shape index (κ3) is 6.28. The third-order valence-corrected chi connectivity index (χ3v) is 13.1. The van der Waals surface area contributed by atoms with Crippen LogP contribution in [0.25, 0.3) is 110 Å².